The van der Waals surface area contributed by atoms with Gasteiger partial charge in [-0.05, 0) is 30.9 Å². The summed E-state index contributed by atoms with van der Waals surface area (Å²) in [5.74, 6) is -0.636. The average Bonchev–Trinajstić information content (AvgIpc) is 3.06. The van der Waals surface area contributed by atoms with E-state index in [2.05, 4.69) is 10.1 Å². The van der Waals surface area contributed by atoms with Crippen LogP contribution in [0.5, 0.6) is 5.75 Å². The Labute approximate surface area is 162 Å². The third kappa shape index (κ3) is 3.36. The Kier molecular flexibility index (Phi) is 4.60. The van der Waals surface area contributed by atoms with Gasteiger partial charge in [0, 0.05) is 46.0 Å². The van der Waals surface area contributed by atoms with E-state index in [1.54, 1.807) is 11.8 Å². The lowest BCUT2D eigenvalue weighted by Gasteiger charge is -2.33. The number of nitrogens with one attached hydrogen (secondary N) is 1. The zero-order valence-electron chi connectivity index (χ0n) is 14.5. The van der Waals surface area contributed by atoms with Crippen molar-refractivity contribution >= 4 is 23.2 Å². The van der Waals surface area contributed by atoms with Crippen molar-refractivity contribution in [2.45, 2.75) is 38.0 Å². The number of benzene rings is 1. The van der Waals surface area contributed by atoms with Crippen molar-refractivity contribution < 1.29 is 27.6 Å². The highest BCUT2D eigenvalue weighted by Gasteiger charge is 2.40. The van der Waals surface area contributed by atoms with Gasteiger partial charge in [-0.25, -0.2) is 0 Å². The maximum atomic E-state index is 12.8. The zero-order chi connectivity index (χ0) is 20.1. The fourth-order valence-corrected chi connectivity index (χ4v) is 5.16. The molecule has 0 fully saturated rings. The Balaban J connectivity index is 1.84. The van der Waals surface area contributed by atoms with Gasteiger partial charge in [-0.15, -0.1) is 24.9 Å². The van der Waals surface area contributed by atoms with E-state index in [1.807, 2.05) is 0 Å². The van der Waals surface area contributed by atoms with Gasteiger partial charge in [0.15, 0.2) is 5.78 Å². The van der Waals surface area contributed by atoms with Crippen molar-refractivity contribution in [2.75, 3.05) is 5.75 Å². The summed E-state index contributed by atoms with van der Waals surface area (Å²) in [7, 11) is 0. The van der Waals surface area contributed by atoms with E-state index in [-0.39, 0.29) is 5.78 Å². The molecule has 2 aliphatic heterocycles. The number of halogens is 3. The summed E-state index contributed by atoms with van der Waals surface area (Å²) in [5.41, 5.74) is 1.94. The number of thioether (sulfide) groups is 1. The number of allylic oxidation sites excluding steroid dienone is 4. The van der Waals surface area contributed by atoms with Gasteiger partial charge in [0.2, 0.25) is 5.75 Å². The van der Waals surface area contributed by atoms with Crippen LogP contribution in [0.15, 0.2) is 40.1 Å². The van der Waals surface area contributed by atoms with Gasteiger partial charge >= 0.3 is 12.0 Å². The summed E-state index contributed by atoms with van der Waals surface area (Å²) in [4.78, 5) is 23.7. The zero-order valence-corrected chi connectivity index (χ0v) is 15.3. The summed E-state index contributed by atoms with van der Waals surface area (Å²) in [5, 5.41) is 14.5. The molecule has 148 valence electrons. The molecule has 1 aromatic rings. The summed E-state index contributed by atoms with van der Waals surface area (Å²) >= 11 is 1.55. The molecule has 10 heteroatoms. The number of nitrogens with zero attached hydrogens (tertiary/aromatic N) is 1. The summed E-state index contributed by atoms with van der Waals surface area (Å²) in [6.45, 7) is 0. The minimum Gasteiger partial charge on any atom is -0.398 e. The van der Waals surface area contributed by atoms with E-state index in [4.69, 9.17) is 0 Å². The molecule has 0 spiro atoms. The monoisotopic (exact) mass is 412 g/mol. The number of dihydropyridines is 1. The number of carbonyl (C=O) groups is 1. The quantitative estimate of drug-likeness (QED) is 0.580. The number of nitro benzene ring substituents is 1. The number of carbonyl (C=O) groups excluding carboxylic acids is 1. The van der Waals surface area contributed by atoms with Crippen LogP contribution in [0.1, 0.15) is 37.2 Å². The van der Waals surface area contributed by atoms with Crippen LogP contribution in [-0.2, 0) is 4.79 Å². The van der Waals surface area contributed by atoms with Crippen LogP contribution in [0.2, 0.25) is 0 Å². The first-order valence-electron chi connectivity index (χ1n) is 8.68. The van der Waals surface area contributed by atoms with Gasteiger partial charge in [0.1, 0.15) is 0 Å². The lowest BCUT2D eigenvalue weighted by Crippen LogP contribution is -2.30. The number of ether oxygens (including phenoxy) is 1. The van der Waals surface area contributed by atoms with Gasteiger partial charge < -0.3 is 10.1 Å². The maximum Gasteiger partial charge on any atom is 0.573 e. The number of rotatable bonds is 3. The molecule has 0 saturated carbocycles. The maximum absolute atomic E-state index is 12.8. The Bertz CT molecular complexity index is 939. The molecular formula is C18H15F3N2O4S. The molecule has 3 aliphatic rings. The molecule has 1 unspecified atom stereocenters. The highest BCUT2D eigenvalue weighted by Crippen LogP contribution is 2.51. The number of hydrogen-bond acceptors (Lipinski definition) is 6. The molecule has 0 radical (unpaired) electrons. The predicted octanol–water partition coefficient (Wildman–Crippen LogP) is 4.54. The molecule has 0 saturated heterocycles. The van der Waals surface area contributed by atoms with Crippen LogP contribution in [0, 0.1) is 10.1 Å². The fourth-order valence-electron chi connectivity index (χ4n) is 3.88. The van der Waals surface area contributed by atoms with E-state index in [0.29, 0.717) is 24.0 Å². The lowest BCUT2D eigenvalue weighted by molar-refractivity contribution is -0.388. The first-order chi connectivity index (χ1) is 13.2. The first-order valence-corrected chi connectivity index (χ1v) is 9.66. The van der Waals surface area contributed by atoms with Crippen molar-refractivity contribution in [1.29, 1.82) is 0 Å². The van der Waals surface area contributed by atoms with E-state index < -0.39 is 28.6 Å². The van der Waals surface area contributed by atoms with Crippen LogP contribution in [-0.4, -0.2) is 22.8 Å². The van der Waals surface area contributed by atoms with Gasteiger partial charge in [-0.1, -0.05) is 6.07 Å². The minimum atomic E-state index is -5.06. The van der Waals surface area contributed by atoms with Crippen LogP contribution < -0.4 is 10.1 Å². The van der Waals surface area contributed by atoms with Crippen molar-refractivity contribution in [3.63, 3.8) is 0 Å². The molecule has 0 bridgehead atoms. The van der Waals surface area contributed by atoms with E-state index in [1.165, 1.54) is 6.07 Å². The molecule has 4 rings (SSSR count). The van der Waals surface area contributed by atoms with E-state index in [0.717, 1.165) is 47.0 Å². The highest BCUT2D eigenvalue weighted by atomic mass is 32.2. The van der Waals surface area contributed by atoms with Crippen LogP contribution in [0.4, 0.5) is 18.9 Å². The topological polar surface area (TPSA) is 81.5 Å². The largest absolute Gasteiger partial charge is 0.573 e. The second kappa shape index (κ2) is 6.84. The minimum absolute atomic E-state index is 0.0468. The summed E-state index contributed by atoms with van der Waals surface area (Å²) in [6, 6.07) is 3.46. The van der Waals surface area contributed by atoms with Gasteiger partial charge in [-0.2, -0.15) is 0 Å². The molecule has 0 amide bonds. The molecule has 6 nitrogen and oxygen atoms in total. The Morgan fingerprint density at radius 1 is 1.21 bits per heavy atom. The Morgan fingerprint density at radius 3 is 2.71 bits per heavy atom. The lowest BCUT2D eigenvalue weighted by atomic mass is 9.79. The molecule has 0 aromatic heterocycles. The first kappa shape index (κ1) is 18.9. The number of alkyl halides is 3. The number of ketones is 1. The average molecular weight is 412 g/mol. The van der Waals surface area contributed by atoms with Crippen LogP contribution in [0.3, 0.4) is 0 Å². The molecule has 1 atom stereocenters. The molecule has 1 aromatic carbocycles. The summed E-state index contributed by atoms with van der Waals surface area (Å²) < 4.78 is 42.2. The smallest absolute Gasteiger partial charge is 0.398 e. The normalized spacial score (nSPS) is 22.0. The van der Waals surface area contributed by atoms with Crippen LogP contribution >= 0.6 is 11.8 Å². The van der Waals surface area contributed by atoms with Gasteiger partial charge in [-0.3, -0.25) is 14.9 Å². The number of nitro groups is 1. The molecule has 28 heavy (non-hydrogen) atoms. The second-order valence-corrected chi connectivity index (χ2v) is 7.84. The standard InChI is InChI=1S/C18H15F3N2O4S/c19-18(20,21)27-14-8-9(4-5-12(14)23(25)26)15-16-10(2-1-3-13(16)24)22-11-6-7-28-17(11)15/h4-5,8,15,22H,1-3,6-7H2. The Hall–Kier alpha value is -2.49. The second-order valence-electron chi connectivity index (χ2n) is 6.70. The third-order valence-corrected chi connectivity index (χ3v) is 6.16. The fraction of sp³-hybridized carbons (Fsp3) is 0.389. The molecule has 2 heterocycles. The van der Waals surface area contributed by atoms with Gasteiger partial charge in [0.05, 0.1) is 4.92 Å². The Morgan fingerprint density at radius 2 is 2.00 bits per heavy atom. The van der Waals surface area contributed by atoms with Crippen molar-refractivity contribution in [1.82, 2.24) is 5.32 Å². The number of hydrogen-bond donors (Lipinski definition) is 1. The molecule has 1 aliphatic carbocycles. The van der Waals surface area contributed by atoms with Crippen molar-refractivity contribution in [3.8, 4) is 5.75 Å². The summed E-state index contributed by atoms with van der Waals surface area (Å²) in [6.07, 6.45) is -2.49. The SMILES string of the molecule is O=C1CCCC2=C1C(c1ccc([N+](=O)[O-])c(OC(F)(F)F)c1)C1=C(CCS1)N2. The van der Waals surface area contributed by atoms with E-state index >= 15 is 0 Å². The van der Waals surface area contributed by atoms with E-state index in [9.17, 15) is 28.1 Å². The highest BCUT2D eigenvalue weighted by molar-refractivity contribution is 8.03. The van der Waals surface area contributed by atoms with Crippen LogP contribution in [0.25, 0.3) is 0 Å². The van der Waals surface area contributed by atoms with Crippen molar-refractivity contribution in [2.24, 2.45) is 0 Å². The van der Waals surface area contributed by atoms with Gasteiger partial charge in [0.25, 0.3) is 0 Å². The van der Waals surface area contributed by atoms with Crippen molar-refractivity contribution in [3.05, 3.63) is 55.7 Å². The predicted molar refractivity (Wildman–Crippen MR) is 95.6 cm³/mol. The molecular weight excluding hydrogens is 397 g/mol. The molecule has 1 N–H and O–H groups in total. The number of Topliss-reactive ketones (excluding diaryl/α,β-unsaturated/α-hetero) is 1. The third-order valence-electron chi connectivity index (χ3n) is 4.96.